The van der Waals surface area contributed by atoms with E-state index in [1.54, 1.807) is 12.1 Å². The molecule has 1 heterocycles. The maximum absolute atomic E-state index is 11.4. The molecule has 2 atom stereocenters. The van der Waals surface area contributed by atoms with Crippen LogP contribution >= 0.6 is 0 Å². The second-order valence-electron chi connectivity index (χ2n) is 4.77. The molecule has 1 aromatic rings. The number of pyridine rings is 1. The first-order valence-electron chi connectivity index (χ1n) is 6.13. The van der Waals surface area contributed by atoms with E-state index in [4.69, 9.17) is 9.88 Å². The third-order valence-electron chi connectivity index (χ3n) is 3.32. The Labute approximate surface area is 107 Å². The number of nitrogens with zero attached hydrogens (tertiary/aromatic N) is 1. The molecule has 0 amide bonds. The topological polar surface area (TPSA) is 82.3 Å². The summed E-state index contributed by atoms with van der Waals surface area (Å²) in [5.41, 5.74) is 0. The van der Waals surface area contributed by atoms with Crippen LogP contribution in [0.15, 0.2) is 23.4 Å². The highest BCUT2D eigenvalue weighted by Gasteiger charge is 2.25. The van der Waals surface area contributed by atoms with E-state index in [9.17, 15) is 8.42 Å². The number of primary sulfonamides is 1. The summed E-state index contributed by atoms with van der Waals surface area (Å²) in [6.45, 7) is 2.12. The van der Waals surface area contributed by atoms with Gasteiger partial charge in [-0.15, -0.1) is 0 Å². The first kappa shape index (κ1) is 13.3. The molecule has 2 unspecified atom stereocenters. The van der Waals surface area contributed by atoms with E-state index in [1.807, 2.05) is 0 Å². The number of nitrogens with two attached hydrogens (primary N) is 1. The van der Waals surface area contributed by atoms with Gasteiger partial charge in [-0.3, -0.25) is 0 Å². The molecular formula is C12H18N2O3S. The maximum atomic E-state index is 11.4. The molecule has 18 heavy (non-hydrogen) atoms. The van der Waals surface area contributed by atoms with Gasteiger partial charge in [0.15, 0.2) is 5.75 Å². The zero-order valence-corrected chi connectivity index (χ0v) is 11.2. The molecule has 1 saturated carbocycles. The summed E-state index contributed by atoms with van der Waals surface area (Å²) < 4.78 is 28.6. The summed E-state index contributed by atoms with van der Waals surface area (Å²) in [7, 11) is -3.84. The van der Waals surface area contributed by atoms with Gasteiger partial charge in [-0.1, -0.05) is 13.3 Å². The van der Waals surface area contributed by atoms with Crippen molar-refractivity contribution in [2.45, 2.75) is 43.7 Å². The molecule has 0 saturated heterocycles. The molecule has 5 nitrogen and oxygen atoms in total. The third kappa shape index (κ3) is 3.00. The van der Waals surface area contributed by atoms with Gasteiger partial charge in [-0.25, -0.2) is 18.5 Å². The van der Waals surface area contributed by atoms with Crippen molar-refractivity contribution >= 4 is 10.0 Å². The Balaban J connectivity index is 2.24. The predicted octanol–water partition coefficient (Wildman–Crippen LogP) is 1.69. The molecule has 1 aliphatic carbocycles. The van der Waals surface area contributed by atoms with Gasteiger partial charge in [0.25, 0.3) is 10.0 Å². The minimum absolute atomic E-state index is 0.0449. The van der Waals surface area contributed by atoms with E-state index in [-0.39, 0.29) is 16.9 Å². The zero-order valence-electron chi connectivity index (χ0n) is 10.4. The summed E-state index contributed by atoms with van der Waals surface area (Å²) in [5, 5.41) is 4.95. The van der Waals surface area contributed by atoms with Crippen LogP contribution in [0, 0.1) is 5.92 Å². The number of ether oxygens (including phenoxy) is 1. The highest BCUT2D eigenvalue weighted by molar-refractivity contribution is 7.89. The van der Waals surface area contributed by atoms with E-state index in [0.717, 1.165) is 19.3 Å². The van der Waals surface area contributed by atoms with Crippen LogP contribution < -0.4 is 9.88 Å². The summed E-state index contributed by atoms with van der Waals surface area (Å²) in [4.78, 5) is 3.80. The first-order valence-corrected chi connectivity index (χ1v) is 7.67. The van der Waals surface area contributed by atoms with Crippen LogP contribution in [0.25, 0.3) is 0 Å². The molecule has 0 aliphatic heterocycles. The van der Waals surface area contributed by atoms with Crippen molar-refractivity contribution < 1.29 is 13.2 Å². The lowest BCUT2D eigenvalue weighted by Gasteiger charge is -2.29. The maximum Gasteiger partial charge on any atom is 0.259 e. The smallest absolute Gasteiger partial charge is 0.259 e. The lowest BCUT2D eigenvalue weighted by molar-refractivity contribution is 0.0985. The molecule has 0 spiro atoms. The quantitative estimate of drug-likeness (QED) is 0.906. The van der Waals surface area contributed by atoms with Crippen LogP contribution in [0.2, 0.25) is 0 Å². The van der Waals surface area contributed by atoms with Gasteiger partial charge in [0.2, 0.25) is 5.03 Å². The van der Waals surface area contributed by atoms with E-state index in [0.29, 0.717) is 5.92 Å². The largest absolute Gasteiger partial charge is 0.487 e. The van der Waals surface area contributed by atoms with E-state index in [2.05, 4.69) is 11.9 Å². The number of sulfonamides is 1. The highest BCUT2D eigenvalue weighted by atomic mass is 32.2. The Morgan fingerprint density at radius 2 is 2.11 bits per heavy atom. The molecule has 1 aliphatic rings. The molecule has 0 radical (unpaired) electrons. The molecular weight excluding hydrogens is 252 g/mol. The van der Waals surface area contributed by atoms with Gasteiger partial charge in [0, 0.05) is 6.20 Å². The summed E-state index contributed by atoms with van der Waals surface area (Å²) in [5.74, 6) is 0.686. The normalized spacial score (nSPS) is 24.8. The Bertz CT molecular complexity index is 516. The Morgan fingerprint density at radius 3 is 2.78 bits per heavy atom. The fraction of sp³-hybridized carbons (Fsp3) is 0.583. The first-order chi connectivity index (χ1) is 8.48. The Hall–Kier alpha value is -1.14. The number of hydrogen-bond acceptors (Lipinski definition) is 4. The molecule has 1 aromatic heterocycles. The van der Waals surface area contributed by atoms with Gasteiger partial charge >= 0.3 is 0 Å². The van der Waals surface area contributed by atoms with E-state index in [1.165, 1.54) is 12.6 Å². The Morgan fingerprint density at radius 1 is 1.39 bits per heavy atom. The predicted molar refractivity (Wildman–Crippen MR) is 67.7 cm³/mol. The van der Waals surface area contributed by atoms with E-state index >= 15 is 0 Å². The van der Waals surface area contributed by atoms with Crippen molar-refractivity contribution in [3.63, 3.8) is 0 Å². The van der Waals surface area contributed by atoms with Crippen LogP contribution in [0.1, 0.15) is 32.6 Å². The van der Waals surface area contributed by atoms with Crippen LogP contribution in [-0.4, -0.2) is 19.5 Å². The molecule has 0 aromatic carbocycles. The van der Waals surface area contributed by atoms with Crippen LogP contribution in [0.4, 0.5) is 0 Å². The summed E-state index contributed by atoms with van der Waals surface area (Å²) in [6.07, 6.45) is 5.81. The minimum Gasteiger partial charge on any atom is -0.487 e. The van der Waals surface area contributed by atoms with Gasteiger partial charge in [-0.2, -0.15) is 0 Å². The van der Waals surface area contributed by atoms with Crippen molar-refractivity contribution in [2.75, 3.05) is 0 Å². The fourth-order valence-corrected chi connectivity index (χ4v) is 2.90. The van der Waals surface area contributed by atoms with Crippen LogP contribution in [0.3, 0.4) is 0 Å². The molecule has 1 fully saturated rings. The van der Waals surface area contributed by atoms with Crippen molar-refractivity contribution in [1.29, 1.82) is 0 Å². The lowest BCUT2D eigenvalue weighted by Crippen LogP contribution is -2.29. The fourth-order valence-electron chi connectivity index (χ4n) is 2.30. The SMILES string of the molecule is CC1CCCCC1Oc1cccnc1S(N)(=O)=O. The van der Waals surface area contributed by atoms with Crippen LogP contribution in [-0.2, 0) is 10.0 Å². The van der Waals surface area contributed by atoms with Crippen molar-refractivity contribution in [3.8, 4) is 5.75 Å². The third-order valence-corrected chi connectivity index (χ3v) is 4.16. The van der Waals surface area contributed by atoms with E-state index < -0.39 is 10.0 Å². The molecule has 6 heteroatoms. The second kappa shape index (κ2) is 5.24. The Kier molecular flexibility index (Phi) is 3.87. The van der Waals surface area contributed by atoms with Gasteiger partial charge < -0.3 is 4.74 Å². The van der Waals surface area contributed by atoms with Crippen LogP contribution in [0.5, 0.6) is 5.75 Å². The number of hydrogen-bond donors (Lipinski definition) is 1. The van der Waals surface area contributed by atoms with Crippen molar-refractivity contribution in [3.05, 3.63) is 18.3 Å². The van der Waals surface area contributed by atoms with Crippen molar-refractivity contribution in [1.82, 2.24) is 4.98 Å². The average molecular weight is 270 g/mol. The summed E-state index contributed by atoms with van der Waals surface area (Å²) in [6, 6.07) is 3.26. The molecule has 2 rings (SSSR count). The number of rotatable bonds is 3. The van der Waals surface area contributed by atoms with Gasteiger partial charge in [0.1, 0.15) is 6.10 Å². The molecule has 100 valence electrons. The monoisotopic (exact) mass is 270 g/mol. The lowest BCUT2D eigenvalue weighted by atomic mass is 9.88. The average Bonchev–Trinajstić information content (AvgIpc) is 2.31. The minimum atomic E-state index is -3.84. The van der Waals surface area contributed by atoms with Gasteiger partial charge in [-0.05, 0) is 37.3 Å². The summed E-state index contributed by atoms with van der Waals surface area (Å²) >= 11 is 0. The molecule has 2 N–H and O–H groups in total. The second-order valence-corrected chi connectivity index (χ2v) is 6.25. The zero-order chi connectivity index (χ0) is 13.2. The van der Waals surface area contributed by atoms with Gasteiger partial charge in [0.05, 0.1) is 0 Å². The van der Waals surface area contributed by atoms with Crippen molar-refractivity contribution in [2.24, 2.45) is 11.1 Å². The standard InChI is InChI=1S/C12H18N2O3S/c1-9-5-2-3-6-10(9)17-11-7-4-8-14-12(11)18(13,15)16/h4,7-10H,2-3,5-6H2,1H3,(H2,13,15,16). The molecule has 0 bridgehead atoms. The highest BCUT2D eigenvalue weighted by Crippen LogP contribution is 2.30. The number of aromatic nitrogens is 1.